The molecule has 1 fully saturated rings. The fourth-order valence-electron chi connectivity index (χ4n) is 3.46. The van der Waals surface area contributed by atoms with Gasteiger partial charge in [-0.25, -0.2) is 8.42 Å². The van der Waals surface area contributed by atoms with Crippen LogP contribution in [0.4, 0.5) is 0 Å². The monoisotopic (exact) mass is 398 g/mol. The first kappa shape index (κ1) is 18.8. The minimum atomic E-state index is -3.21. The average Bonchev–Trinajstić information content (AvgIpc) is 3.19. The number of sulfone groups is 1. The largest absolute Gasteiger partial charge is 0.339 e. The molecule has 0 spiro atoms. The molecule has 3 heterocycles. The van der Waals surface area contributed by atoms with Gasteiger partial charge in [-0.1, -0.05) is 11.2 Å². The summed E-state index contributed by atoms with van der Waals surface area (Å²) in [5.41, 5.74) is 1.97. The predicted molar refractivity (Wildman–Crippen MR) is 104 cm³/mol. The number of pyridine rings is 1. The van der Waals surface area contributed by atoms with Gasteiger partial charge in [0.05, 0.1) is 4.90 Å². The molecule has 2 aromatic heterocycles. The maximum absolute atomic E-state index is 11.6. The first-order valence-corrected chi connectivity index (χ1v) is 11.1. The zero-order chi connectivity index (χ0) is 19.6. The Bertz CT molecular complexity index is 1020. The van der Waals surface area contributed by atoms with Crippen LogP contribution in [0.25, 0.3) is 11.4 Å². The fraction of sp³-hybridized carbons (Fsp3) is 0.350. The molecular weight excluding hydrogens is 376 g/mol. The molecule has 7 nitrogen and oxygen atoms in total. The van der Waals surface area contributed by atoms with E-state index in [4.69, 9.17) is 4.52 Å². The van der Waals surface area contributed by atoms with Crippen molar-refractivity contribution in [1.82, 2.24) is 20.0 Å². The Morgan fingerprint density at radius 1 is 1.14 bits per heavy atom. The third-order valence-electron chi connectivity index (χ3n) is 5.05. The second kappa shape index (κ2) is 7.81. The fourth-order valence-corrected chi connectivity index (χ4v) is 4.09. The maximum atomic E-state index is 11.6. The highest BCUT2D eigenvalue weighted by Gasteiger charge is 2.25. The summed E-state index contributed by atoms with van der Waals surface area (Å²) in [6.07, 6.45) is 6.82. The Morgan fingerprint density at radius 3 is 2.54 bits per heavy atom. The molecule has 0 amide bonds. The molecule has 0 N–H and O–H groups in total. The summed E-state index contributed by atoms with van der Waals surface area (Å²) in [6.45, 7) is 2.85. The van der Waals surface area contributed by atoms with E-state index in [1.54, 1.807) is 30.5 Å². The second-order valence-corrected chi connectivity index (χ2v) is 9.18. The summed E-state index contributed by atoms with van der Waals surface area (Å²) in [6, 6.07) is 10.6. The van der Waals surface area contributed by atoms with E-state index in [9.17, 15) is 8.42 Å². The predicted octanol–water partition coefficient (Wildman–Crippen LogP) is 2.91. The molecular formula is C20H22N4O3S. The van der Waals surface area contributed by atoms with Gasteiger partial charge in [0.15, 0.2) is 9.84 Å². The van der Waals surface area contributed by atoms with Gasteiger partial charge in [0.25, 0.3) is 0 Å². The zero-order valence-corrected chi connectivity index (χ0v) is 16.5. The lowest BCUT2D eigenvalue weighted by atomic mass is 9.96. The number of rotatable bonds is 5. The van der Waals surface area contributed by atoms with E-state index in [2.05, 4.69) is 26.1 Å². The summed E-state index contributed by atoms with van der Waals surface area (Å²) in [5, 5.41) is 4.08. The highest BCUT2D eigenvalue weighted by atomic mass is 32.2. The molecule has 0 bridgehead atoms. The van der Waals surface area contributed by atoms with Crippen LogP contribution in [-0.2, 0) is 16.4 Å². The summed E-state index contributed by atoms with van der Waals surface area (Å²) in [4.78, 5) is 11.4. The smallest absolute Gasteiger partial charge is 0.230 e. The minimum absolute atomic E-state index is 0.252. The number of likely N-dealkylation sites (tertiary alicyclic amines) is 1. The Balaban J connectivity index is 1.39. The number of hydrogen-bond acceptors (Lipinski definition) is 7. The van der Waals surface area contributed by atoms with Crippen molar-refractivity contribution in [3.05, 3.63) is 60.2 Å². The lowest BCUT2D eigenvalue weighted by Crippen LogP contribution is -2.32. The third-order valence-corrected chi connectivity index (χ3v) is 6.18. The van der Waals surface area contributed by atoms with Gasteiger partial charge in [-0.15, -0.1) is 0 Å². The number of hydrogen-bond donors (Lipinski definition) is 0. The average molecular weight is 398 g/mol. The number of benzene rings is 1. The molecule has 146 valence electrons. The zero-order valence-electron chi connectivity index (χ0n) is 15.7. The van der Waals surface area contributed by atoms with E-state index in [1.807, 2.05) is 12.3 Å². The minimum Gasteiger partial charge on any atom is -0.339 e. The molecule has 1 aromatic carbocycles. The van der Waals surface area contributed by atoms with E-state index in [0.717, 1.165) is 38.0 Å². The number of nitrogens with zero attached hydrogens (tertiary/aromatic N) is 4. The molecule has 0 aliphatic carbocycles. The van der Waals surface area contributed by atoms with Gasteiger partial charge >= 0.3 is 0 Å². The second-order valence-electron chi connectivity index (χ2n) is 7.16. The van der Waals surface area contributed by atoms with Crippen LogP contribution in [0.3, 0.4) is 0 Å². The van der Waals surface area contributed by atoms with Gasteiger partial charge in [-0.2, -0.15) is 4.98 Å². The van der Waals surface area contributed by atoms with Crippen LogP contribution < -0.4 is 0 Å². The highest BCUT2D eigenvalue weighted by Crippen LogP contribution is 2.29. The maximum Gasteiger partial charge on any atom is 0.230 e. The molecule has 0 saturated carbocycles. The van der Waals surface area contributed by atoms with Crippen molar-refractivity contribution in [3.63, 3.8) is 0 Å². The van der Waals surface area contributed by atoms with Crippen LogP contribution >= 0.6 is 0 Å². The van der Waals surface area contributed by atoms with Crippen molar-refractivity contribution in [3.8, 4) is 11.4 Å². The first-order valence-electron chi connectivity index (χ1n) is 9.24. The normalized spacial score (nSPS) is 16.3. The number of aromatic nitrogens is 3. The summed E-state index contributed by atoms with van der Waals surface area (Å²) >= 11 is 0. The van der Waals surface area contributed by atoms with Crippen LogP contribution in [0.15, 0.2) is 58.2 Å². The Hall–Kier alpha value is -2.58. The van der Waals surface area contributed by atoms with Crippen LogP contribution in [0.5, 0.6) is 0 Å². The first-order chi connectivity index (χ1) is 13.5. The molecule has 1 saturated heterocycles. The molecule has 0 unspecified atom stereocenters. The van der Waals surface area contributed by atoms with E-state index >= 15 is 0 Å². The standard InChI is InChI=1S/C20H22N4O3S/c1-28(25,26)18-6-4-16(5-7-18)19-22-20(27-23-19)17-8-11-24(12-9-17)14-15-3-2-10-21-13-15/h2-7,10,13,17H,8-9,11-12,14H2,1H3. The highest BCUT2D eigenvalue weighted by molar-refractivity contribution is 7.90. The summed E-state index contributed by atoms with van der Waals surface area (Å²) < 4.78 is 28.7. The van der Waals surface area contributed by atoms with Gasteiger partial charge in [0.2, 0.25) is 11.7 Å². The molecule has 0 radical (unpaired) electrons. The molecule has 1 aliphatic rings. The van der Waals surface area contributed by atoms with Gasteiger partial charge in [0, 0.05) is 36.7 Å². The summed E-state index contributed by atoms with van der Waals surface area (Å²) in [5.74, 6) is 1.40. The Morgan fingerprint density at radius 2 is 1.89 bits per heavy atom. The third kappa shape index (κ3) is 4.28. The Kier molecular flexibility index (Phi) is 5.23. The van der Waals surface area contributed by atoms with Crippen LogP contribution in [0.1, 0.15) is 30.2 Å². The lowest BCUT2D eigenvalue weighted by Gasteiger charge is -2.30. The molecule has 4 rings (SSSR count). The van der Waals surface area contributed by atoms with Crippen molar-refractivity contribution in [2.45, 2.75) is 30.2 Å². The molecule has 8 heteroatoms. The molecule has 28 heavy (non-hydrogen) atoms. The van der Waals surface area contributed by atoms with E-state index in [0.29, 0.717) is 11.7 Å². The lowest BCUT2D eigenvalue weighted by molar-refractivity contribution is 0.187. The van der Waals surface area contributed by atoms with E-state index in [-0.39, 0.29) is 10.8 Å². The van der Waals surface area contributed by atoms with Crippen molar-refractivity contribution in [1.29, 1.82) is 0 Å². The summed E-state index contributed by atoms with van der Waals surface area (Å²) in [7, 11) is -3.21. The molecule has 0 atom stereocenters. The van der Waals surface area contributed by atoms with Crippen molar-refractivity contribution in [2.75, 3.05) is 19.3 Å². The molecule has 3 aromatic rings. The van der Waals surface area contributed by atoms with Gasteiger partial charge < -0.3 is 4.52 Å². The quantitative estimate of drug-likeness (QED) is 0.653. The number of piperidine rings is 1. The van der Waals surface area contributed by atoms with E-state index < -0.39 is 9.84 Å². The van der Waals surface area contributed by atoms with Crippen molar-refractivity contribution in [2.24, 2.45) is 0 Å². The molecule has 1 aliphatic heterocycles. The van der Waals surface area contributed by atoms with Crippen LogP contribution in [0, 0.1) is 0 Å². The van der Waals surface area contributed by atoms with Crippen molar-refractivity contribution >= 4 is 9.84 Å². The van der Waals surface area contributed by atoms with Crippen LogP contribution in [0.2, 0.25) is 0 Å². The van der Waals surface area contributed by atoms with Crippen molar-refractivity contribution < 1.29 is 12.9 Å². The van der Waals surface area contributed by atoms with Crippen LogP contribution in [-0.4, -0.2) is 47.8 Å². The Labute approximate surface area is 164 Å². The van der Waals surface area contributed by atoms with E-state index in [1.165, 1.54) is 11.8 Å². The van der Waals surface area contributed by atoms with Gasteiger partial charge in [-0.05, 0) is 61.8 Å². The van der Waals surface area contributed by atoms with Gasteiger partial charge in [0.1, 0.15) is 0 Å². The SMILES string of the molecule is CS(=O)(=O)c1ccc(-c2noc(C3CCN(Cc4cccnc4)CC3)n2)cc1. The van der Waals surface area contributed by atoms with Gasteiger partial charge in [-0.3, -0.25) is 9.88 Å². The topological polar surface area (TPSA) is 89.2 Å².